The Morgan fingerprint density at radius 2 is 1.91 bits per heavy atom. The third-order valence-corrected chi connectivity index (χ3v) is 5.86. The van der Waals surface area contributed by atoms with Gasteiger partial charge in [0.25, 0.3) is 0 Å². The Balaban J connectivity index is 1.51. The highest BCUT2D eigenvalue weighted by Crippen LogP contribution is 2.32. The zero-order valence-corrected chi connectivity index (χ0v) is 19.1. The number of H-pyrrole nitrogens is 1. The standard InChI is InChI=1S/C23H30F2N8/c1-3-5-9-20-26-22(23(24,25)14-6-4-2)29-33(20)16-17-10-12-18(13-11-17)32-15-7-8-19(32)21-27-30-31-28-21/h7-8,10-13,19H,3-6,9,14-16H2,1-2H3,(H,27,28,30,31). The molecule has 0 amide bonds. The van der Waals surface area contributed by atoms with E-state index < -0.39 is 5.92 Å². The summed E-state index contributed by atoms with van der Waals surface area (Å²) in [7, 11) is 0. The number of alkyl halides is 2. The number of nitrogens with zero attached hydrogens (tertiary/aromatic N) is 7. The van der Waals surface area contributed by atoms with Gasteiger partial charge in [-0.05, 0) is 30.5 Å². The van der Waals surface area contributed by atoms with Gasteiger partial charge in [0.2, 0.25) is 11.6 Å². The summed E-state index contributed by atoms with van der Waals surface area (Å²) in [6, 6.07) is 7.98. The number of aromatic nitrogens is 7. The Labute approximate surface area is 192 Å². The van der Waals surface area contributed by atoms with Crippen LogP contribution < -0.4 is 4.90 Å². The van der Waals surface area contributed by atoms with E-state index in [0.29, 0.717) is 37.5 Å². The normalized spacial score (nSPS) is 16.1. The zero-order chi connectivity index (χ0) is 23.3. The number of aromatic amines is 1. The summed E-state index contributed by atoms with van der Waals surface area (Å²) in [4.78, 5) is 6.42. The monoisotopic (exact) mass is 456 g/mol. The molecule has 33 heavy (non-hydrogen) atoms. The molecule has 0 saturated carbocycles. The predicted octanol–water partition coefficient (Wildman–Crippen LogP) is 4.58. The number of unbranched alkanes of at least 4 members (excludes halogenated alkanes) is 2. The minimum atomic E-state index is -3.00. The molecule has 1 atom stereocenters. The fraction of sp³-hybridized carbons (Fsp3) is 0.522. The van der Waals surface area contributed by atoms with E-state index in [2.05, 4.69) is 54.7 Å². The maximum Gasteiger partial charge on any atom is 0.308 e. The molecule has 1 unspecified atom stereocenters. The van der Waals surface area contributed by atoms with Gasteiger partial charge in [-0.25, -0.2) is 9.67 Å². The number of benzene rings is 1. The van der Waals surface area contributed by atoms with Crippen molar-refractivity contribution in [1.29, 1.82) is 0 Å². The lowest BCUT2D eigenvalue weighted by atomic mass is 10.1. The van der Waals surface area contributed by atoms with Gasteiger partial charge in [0.15, 0.2) is 0 Å². The molecule has 4 rings (SSSR count). The van der Waals surface area contributed by atoms with Crippen LogP contribution in [0.2, 0.25) is 0 Å². The van der Waals surface area contributed by atoms with E-state index in [0.717, 1.165) is 30.6 Å². The number of rotatable bonds is 11. The van der Waals surface area contributed by atoms with E-state index >= 15 is 0 Å². The van der Waals surface area contributed by atoms with E-state index in [1.54, 1.807) is 4.68 Å². The van der Waals surface area contributed by atoms with E-state index in [1.165, 1.54) is 0 Å². The average Bonchev–Trinajstić information content (AvgIpc) is 3.57. The van der Waals surface area contributed by atoms with Crippen molar-refractivity contribution in [3.05, 3.63) is 59.5 Å². The quantitative estimate of drug-likeness (QED) is 0.425. The minimum absolute atomic E-state index is 0.0709. The molecule has 0 saturated heterocycles. The van der Waals surface area contributed by atoms with Crippen molar-refractivity contribution in [3.63, 3.8) is 0 Å². The summed E-state index contributed by atoms with van der Waals surface area (Å²) in [6.07, 6.45) is 7.55. The number of tetrazole rings is 1. The van der Waals surface area contributed by atoms with E-state index in [-0.39, 0.29) is 18.3 Å². The second kappa shape index (κ2) is 10.2. The number of nitrogens with one attached hydrogen (secondary N) is 1. The smallest absolute Gasteiger partial charge is 0.308 e. The van der Waals surface area contributed by atoms with Crippen LogP contribution in [0.1, 0.15) is 75.0 Å². The van der Waals surface area contributed by atoms with Gasteiger partial charge >= 0.3 is 5.92 Å². The van der Waals surface area contributed by atoms with Gasteiger partial charge in [0, 0.05) is 25.1 Å². The van der Waals surface area contributed by atoms with Gasteiger partial charge in [-0.15, -0.1) is 15.3 Å². The van der Waals surface area contributed by atoms with Gasteiger partial charge in [-0.3, -0.25) is 0 Å². The molecule has 3 aromatic rings. The predicted molar refractivity (Wildman–Crippen MR) is 121 cm³/mol. The largest absolute Gasteiger partial charge is 0.354 e. The van der Waals surface area contributed by atoms with Crippen LogP contribution in [0.15, 0.2) is 36.4 Å². The molecule has 0 fully saturated rings. The molecule has 10 heteroatoms. The second-order valence-corrected chi connectivity index (χ2v) is 8.38. The first-order valence-electron chi connectivity index (χ1n) is 11.6. The molecule has 2 aromatic heterocycles. The fourth-order valence-corrected chi connectivity index (χ4v) is 3.96. The maximum atomic E-state index is 14.6. The van der Waals surface area contributed by atoms with Crippen molar-refractivity contribution in [2.24, 2.45) is 0 Å². The van der Waals surface area contributed by atoms with Crippen LogP contribution in [0.4, 0.5) is 14.5 Å². The Morgan fingerprint density at radius 1 is 1.12 bits per heavy atom. The van der Waals surface area contributed by atoms with Crippen molar-refractivity contribution in [2.75, 3.05) is 11.4 Å². The third-order valence-electron chi connectivity index (χ3n) is 5.86. The molecule has 1 aromatic carbocycles. The summed E-state index contributed by atoms with van der Waals surface area (Å²) in [5.74, 6) is -2.12. The average molecular weight is 457 g/mol. The summed E-state index contributed by atoms with van der Waals surface area (Å²) in [5.41, 5.74) is 2.00. The summed E-state index contributed by atoms with van der Waals surface area (Å²) < 4.78 is 30.9. The summed E-state index contributed by atoms with van der Waals surface area (Å²) >= 11 is 0. The first kappa shape index (κ1) is 23.0. The van der Waals surface area contributed by atoms with Crippen molar-refractivity contribution in [1.82, 2.24) is 35.4 Å². The molecule has 1 N–H and O–H groups in total. The Hall–Kier alpha value is -3.17. The SMILES string of the molecule is CCCCc1nc(C(F)(F)CCCC)nn1Cc1ccc(N2CC=CC2c2nn[nH]n2)cc1. The molecule has 0 spiro atoms. The zero-order valence-electron chi connectivity index (χ0n) is 19.1. The number of hydrogen-bond donors (Lipinski definition) is 1. The van der Waals surface area contributed by atoms with Gasteiger partial charge in [-0.2, -0.15) is 14.0 Å². The Morgan fingerprint density at radius 3 is 2.61 bits per heavy atom. The van der Waals surface area contributed by atoms with Crippen molar-refractivity contribution >= 4 is 5.69 Å². The minimum Gasteiger partial charge on any atom is -0.354 e. The van der Waals surface area contributed by atoms with E-state index in [9.17, 15) is 8.78 Å². The van der Waals surface area contributed by atoms with E-state index in [4.69, 9.17) is 0 Å². The lowest BCUT2D eigenvalue weighted by Crippen LogP contribution is -2.24. The number of halogens is 2. The molecule has 1 aliphatic rings. The molecule has 0 aliphatic carbocycles. The Bertz CT molecular complexity index is 1040. The van der Waals surface area contributed by atoms with Crippen LogP contribution in [-0.2, 0) is 18.9 Å². The van der Waals surface area contributed by atoms with Crippen LogP contribution in [0.3, 0.4) is 0 Å². The number of hydrogen-bond acceptors (Lipinski definition) is 6. The van der Waals surface area contributed by atoms with Crippen LogP contribution in [0, 0.1) is 0 Å². The van der Waals surface area contributed by atoms with Crippen LogP contribution >= 0.6 is 0 Å². The third kappa shape index (κ3) is 5.26. The van der Waals surface area contributed by atoms with Crippen molar-refractivity contribution < 1.29 is 8.78 Å². The maximum absolute atomic E-state index is 14.6. The molecule has 0 radical (unpaired) electrons. The fourth-order valence-electron chi connectivity index (χ4n) is 3.96. The summed E-state index contributed by atoms with van der Waals surface area (Å²) in [6.45, 7) is 5.13. The van der Waals surface area contributed by atoms with Gasteiger partial charge in [0.1, 0.15) is 11.9 Å². The highest BCUT2D eigenvalue weighted by molar-refractivity contribution is 5.52. The number of aryl methyl sites for hydroxylation is 1. The lowest BCUT2D eigenvalue weighted by Gasteiger charge is -2.24. The van der Waals surface area contributed by atoms with Gasteiger partial charge in [0.05, 0.1) is 6.54 Å². The van der Waals surface area contributed by atoms with Gasteiger partial charge in [-0.1, -0.05) is 56.2 Å². The van der Waals surface area contributed by atoms with Crippen molar-refractivity contribution in [3.8, 4) is 0 Å². The molecular weight excluding hydrogens is 426 g/mol. The first-order chi connectivity index (χ1) is 16.0. The summed E-state index contributed by atoms with van der Waals surface area (Å²) in [5, 5.41) is 18.6. The lowest BCUT2D eigenvalue weighted by molar-refractivity contribution is -0.0245. The highest BCUT2D eigenvalue weighted by atomic mass is 19.3. The molecule has 1 aliphatic heterocycles. The highest BCUT2D eigenvalue weighted by Gasteiger charge is 2.36. The van der Waals surface area contributed by atoms with Crippen LogP contribution in [0.5, 0.6) is 0 Å². The molecule has 0 bridgehead atoms. The van der Waals surface area contributed by atoms with E-state index in [1.807, 2.05) is 31.2 Å². The van der Waals surface area contributed by atoms with Crippen LogP contribution in [0.25, 0.3) is 0 Å². The second-order valence-electron chi connectivity index (χ2n) is 8.38. The number of anilines is 1. The first-order valence-corrected chi connectivity index (χ1v) is 11.6. The molecule has 3 heterocycles. The van der Waals surface area contributed by atoms with Crippen LogP contribution in [-0.4, -0.2) is 41.9 Å². The molecular formula is C23H30F2N8. The topological polar surface area (TPSA) is 88.4 Å². The van der Waals surface area contributed by atoms with Gasteiger partial charge < -0.3 is 4.90 Å². The molecule has 8 nitrogen and oxygen atoms in total. The van der Waals surface area contributed by atoms with Crippen molar-refractivity contribution in [2.45, 2.75) is 70.9 Å². The molecule has 176 valence electrons. The Kier molecular flexibility index (Phi) is 7.10.